The number of aryl methyl sites for hydroxylation is 1. The minimum atomic E-state index is -5.91. The third-order valence-corrected chi connectivity index (χ3v) is 4.11. The van der Waals surface area contributed by atoms with E-state index in [1.807, 2.05) is 0 Å². The molecule has 2 heterocycles. The molecule has 0 saturated heterocycles. The number of nitrogens with zero attached hydrogens (tertiary/aromatic N) is 4. The van der Waals surface area contributed by atoms with Gasteiger partial charge in [-0.1, -0.05) is 11.6 Å². The highest BCUT2D eigenvalue weighted by molar-refractivity contribution is 6.31. The van der Waals surface area contributed by atoms with Crippen molar-refractivity contribution in [1.29, 1.82) is 0 Å². The number of aromatic nitrogens is 3. The van der Waals surface area contributed by atoms with Crippen LogP contribution >= 0.6 is 11.6 Å². The predicted molar refractivity (Wildman–Crippen MR) is 93.7 cm³/mol. The van der Waals surface area contributed by atoms with Crippen LogP contribution in [0.3, 0.4) is 0 Å². The molecule has 0 fully saturated rings. The lowest BCUT2D eigenvalue weighted by atomic mass is 10.2. The Kier molecular flexibility index (Phi) is 5.10. The van der Waals surface area contributed by atoms with Gasteiger partial charge in [0.25, 0.3) is 11.6 Å². The lowest BCUT2D eigenvalue weighted by Gasteiger charge is -2.20. The number of nitro groups is 1. The highest BCUT2D eigenvalue weighted by atomic mass is 35.5. The molecule has 0 bridgehead atoms. The molecule has 0 radical (unpaired) electrons. The van der Waals surface area contributed by atoms with Gasteiger partial charge in [-0.2, -0.15) is 27.1 Å². The quantitative estimate of drug-likeness (QED) is 0.359. The number of carbonyl (C=O) groups is 1. The third kappa shape index (κ3) is 3.75. The molecule has 1 aromatic carbocycles. The molecule has 0 unspecified atom stereocenters. The van der Waals surface area contributed by atoms with E-state index >= 15 is 0 Å². The van der Waals surface area contributed by atoms with Gasteiger partial charge in [0.1, 0.15) is 11.4 Å². The van der Waals surface area contributed by atoms with Gasteiger partial charge >= 0.3 is 12.1 Å². The van der Waals surface area contributed by atoms with Crippen LogP contribution in [0.5, 0.6) is 0 Å². The molecular weight excluding hydrogens is 441 g/mol. The number of halogens is 6. The molecule has 0 spiro atoms. The van der Waals surface area contributed by atoms with Gasteiger partial charge in [0.2, 0.25) is 0 Å². The maximum absolute atomic E-state index is 13.9. The van der Waals surface area contributed by atoms with Gasteiger partial charge in [0.15, 0.2) is 11.3 Å². The minimum absolute atomic E-state index is 0.0196. The molecule has 0 saturated carbocycles. The van der Waals surface area contributed by atoms with Gasteiger partial charge in [0, 0.05) is 22.8 Å². The summed E-state index contributed by atoms with van der Waals surface area (Å²) in [6.07, 6.45) is -5.91. The van der Waals surface area contributed by atoms with Crippen molar-refractivity contribution in [1.82, 2.24) is 14.6 Å². The molecule has 14 heteroatoms. The van der Waals surface area contributed by atoms with Crippen LogP contribution < -0.4 is 5.32 Å². The molecule has 0 atom stereocenters. The van der Waals surface area contributed by atoms with Gasteiger partial charge in [0.05, 0.1) is 4.92 Å². The summed E-state index contributed by atoms with van der Waals surface area (Å²) in [6.45, 7) is 1.19. The molecule has 3 aromatic rings. The Balaban J connectivity index is 2.06. The average Bonchev–Trinajstić information content (AvgIpc) is 3.05. The van der Waals surface area contributed by atoms with Crippen LogP contribution in [-0.4, -0.2) is 31.6 Å². The number of rotatable bonds is 4. The fraction of sp³-hybridized carbons (Fsp3) is 0.188. The normalized spacial score (nSPS) is 12.2. The Bertz CT molecular complexity index is 1180. The predicted octanol–water partition coefficient (Wildman–Crippen LogP) is 4.51. The van der Waals surface area contributed by atoms with Gasteiger partial charge in [-0.3, -0.25) is 14.9 Å². The summed E-state index contributed by atoms with van der Waals surface area (Å²) >= 11 is 5.68. The molecule has 1 N–H and O–H groups in total. The zero-order chi connectivity index (χ0) is 22.4. The van der Waals surface area contributed by atoms with Crippen molar-refractivity contribution in [3.05, 3.63) is 62.6 Å². The molecule has 2 aromatic heterocycles. The van der Waals surface area contributed by atoms with E-state index in [4.69, 9.17) is 11.6 Å². The highest BCUT2D eigenvalue weighted by Crippen LogP contribution is 2.43. The number of benzene rings is 1. The summed E-state index contributed by atoms with van der Waals surface area (Å²) in [5.74, 6) is -6.36. The van der Waals surface area contributed by atoms with Crippen LogP contribution in [0, 0.1) is 17.0 Å². The van der Waals surface area contributed by atoms with E-state index in [-0.39, 0.29) is 20.9 Å². The fourth-order valence-corrected chi connectivity index (χ4v) is 2.69. The van der Waals surface area contributed by atoms with E-state index in [1.165, 1.54) is 13.0 Å². The number of hydrogen-bond acceptors (Lipinski definition) is 5. The van der Waals surface area contributed by atoms with Crippen LogP contribution in [0.2, 0.25) is 5.02 Å². The topological polar surface area (TPSA) is 102 Å². The van der Waals surface area contributed by atoms with Crippen molar-refractivity contribution < 1.29 is 31.7 Å². The first-order chi connectivity index (χ1) is 13.8. The first-order valence-electron chi connectivity index (χ1n) is 7.89. The lowest BCUT2D eigenvalue weighted by molar-refractivity contribution is -0.383. The van der Waals surface area contributed by atoms with Crippen molar-refractivity contribution in [3.8, 4) is 0 Å². The summed E-state index contributed by atoms with van der Waals surface area (Å²) in [5.41, 5.74) is -3.56. The van der Waals surface area contributed by atoms with E-state index in [2.05, 4.69) is 15.4 Å². The number of anilines is 1. The summed E-state index contributed by atoms with van der Waals surface area (Å²) in [5, 5.41) is 16.7. The van der Waals surface area contributed by atoms with Crippen molar-refractivity contribution in [2.75, 3.05) is 5.32 Å². The number of nitro benzene ring substituents is 1. The Morgan fingerprint density at radius 3 is 2.47 bits per heavy atom. The van der Waals surface area contributed by atoms with E-state index in [1.54, 1.807) is 0 Å². The Hall–Kier alpha value is -3.35. The van der Waals surface area contributed by atoms with Gasteiger partial charge in [-0.25, -0.2) is 9.50 Å². The average molecular weight is 450 g/mol. The van der Waals surface area contributed by atoms with Crippen molar-refractivity contribution in [3.63, 3.8) is 0 Å². The maximum atomic E-state index is 13.9. The summed E-state index contributed by atoms with van der Waals surface area (Å²) in [6, 6.07) is 4.72. The second-order valence-corrected chi connectivity index (χ2v) is 6.46. The summed E-state index contributed by atoms with van der Waals surface area (Å²) in [4.78, 5) is 26.5. The molecular formula is C16H9ClF5N5O3. The van der Waals surface area contributed by atoms with Crippen LogP contribution in [0.1, 0.15) is 21.9 Å². The molecule has 0 aliphatic rings. The van der Waals surface area contributed by atoms with Crippen LogP contribution in [-0.2, 0) is 5.92 Å². The Morgan fingerprint density at radius 2 is 1.87 bits per heavy atom. The second kappa shape index (κ2) is 7.16. The molecule has 8 nitrogen and oxygen atoms in total. The van der Waals surface area contributed by atoms with Crippen molar-refractivity contribution >= 4 is 34.5 Å². The standard InChI is InChI=1S/C16H9ClF5N5O3/c1-7-4-12(15(18,19)16(20,21)22)26-13(23-7)6-10(25-26)14(28)24-9-3-2-8(17)5-11(9)27(29)30/h2-6H,1H3,(H,24,28). The SMILES string of the molecule is Cc1cc(C(F)(F)C(F)(F)F)n2nc(C(=O)Nc3ccc(Cl)cc3[N+](=O)[O-])cc2n1. The number of amides is 1. The van der Waals surface area contributed by atoms with Gasteiger partial charge in [-0.15, -0.1) is 0 Å². The number of alkyl halides is 5. The number of hydrogen-bond donors (Lipinski definition) is 1. The largest absolute Gasteiger partial charge is 0.459 e. The van der Waals surface area contributed by atoms with Crippen LogP contribution in [0.15, 0.2) is 30.3 Å². The first-order valence-corrected chi connectivity index (χ1v) is 8.27. The van der Waals surface area contributed by atoms with E-state index in [0.717, 1.165) is 18.2 Å². The number of fused-ring (bicyclic) bond motifs is 1. The Morgan fingerprint density at radius 1 is 1.20 bits per heavy atom. The van der Waals surface area contributed by atoms with E-state index < -0.39 is 45.7 Å². The summed E-state index contributed by atoms with van der Waals surface area (Å²) < 4.78 is 66.5. The maximum Gasteiger partial charge on any atom is 0.459 e. The molecule has 30 heavy (non-hydrogen) atoms. The minimum Gasteiger partial charge on any atom is -0.315 e. The highest BCUT2D eigenvalue weighted by Gasteiger charge is 2.60. The van der Waals surface area contributed by atoms with E-state index in [0.29, 0.717) is 6.07 Å². The van der Waals surface area contributed by atoms with Crippen LogP contribution in [0.25, 0.3) is 5.65 Å². The van der Waals surface area contributed by atoms with E-state index in [9.17, 15) is 36.9 Å². The number of nitrogens with one attached hydrogen (secondary N) is 1. The van der Waals surface area contributed by atoms with Crippen molar-refractivity contribution in [2.45, 2.75) is 19.0 Å². The fourth-order valence-electron chi connectivity index (χ4n) is 2.53. The molecule has 158 valence electrons. The molecule has 0 aliphatic heterocycles. The van der Waals surface area contributed by atoms with Gasteiger partial charge in [-0.05, 0) is 25.1 Å². The lowest BCUT2D eigenvalue weighted by Crippen LogP contribution is -2.36. The third-order valence-electron chi connectivity index (χ3n) is 3.87. The zero-order valence-corrected chi connectivity index (χ0v) is 15.4. The number of carbonyl (C=O) groups excluding carboxylic acids is 1. The van der Waals surface area contributed by atoms with Crippen molar-refractivity contribution in [2.24, 2.45) is 0 Å². The second-order valence-electron chi connectivity index (χ2n) is 6.03. The summed E-state index contributed by atoms with van der Waals surface area (Å²) in [7, 11) is 0. The molecule has 1 amide bonds. The first kappa shape index (κ1) is 21.4. The smallest absolute Gasteiger partial charge is 0.315 e. The van der Waals surface area contributed by atoms with Crippen LogP contribution in [0.4, 0.5) is 33.3 Å². The monoisotopic (exact) mass is 449 g/mol. The zero-order valence-electron chi connectivity index (χ0n) is 14.7. The molecule has 3 rings (SSSR count). The van der Waals surface area contributed by atoms with Gasteiger partial charge < -0.3 is 5.32 Å². The Labute approximate surface area is 168 Å². The molecule has 0 aliphatic carbocycles.